The van der Waals surface area contributed by atoms with Crippen LogP contribution in [0.1, 0.15) is 41.0 Å². The Labute approximate surface area is 141 Å². The quantitative estimate of drug-likeness (QED) is 0.195. The molecule has 0 unspecified atom stereocenters. The summed E-state index contributed by atoms with van der Waals surface area (Å²) in [5.74, 6) is 0.113. The number of ether oxygens (including phenoxy) is 1. The zero-order valence-electron chi connectivity index (χ0n) is 13.4. The van der Waals surface area contributed by atoms with E-state index >= 15 is 0 Å². The molecule has 0 aliphatic heterocycles. The van der Waals surface area contributed by atoms with Crippen LogP contribution in [0, 0.1) is 11.8 Å². The second-order valence-corrected chi connectivity index (χ2v) is 6.35. The molecule has 0 radical (unpaired) electrons. The SMILES string of the molecule is C/C(C=O)=C\[C@@H](C)[C@@H](CC(C)C)OC(=O)/C(C)=C/C=C/I. The molecule has 0 aliphatic rings. The van der Waals surface area contributed by atoms with Crippen LogP contribution in [0.4, 0.5) is 0 Å². The highest BCUT2D eigenvalue weighted by molar-refractivity contribution is 14.1. The fourth-order valence-corrected chi connectivity index (χ4v) is 2.08. The predicted molar refractivity (Wildman–Crippen MR) is 95.2 cm³/mol. The van der Waals surface area contributed by atoms with E-state index in [-0.39, 0.29) is 18.0 Å². The van der Waals surface area contributed by atoms with Crippen LogP contribution in [-0.4, -0.2) is 18.4 Å². The molecular formula is C17H25IO3. The summed E-state index contributed by atoms with van der Waals surface area (Å²) in [5.41, 5.74) is 1.23. The number of aldehydes is 1. The van der Waals surface area contributed by atoms with Gasteiger partial charge in [-0.05, 0) is 35.8 Å². The van der Waals surface area contributed by atoms with E-state index in [1.165, 1.54) is 0 Å². The zero-order chi connectivity index (χ0) is 16.4. The Balaban J connectivity index is 5.00. The van der Waals surface area contributed by atoms with E-state index < -0.39 is 0 Å². The van der Waals surface area contributed by atoms with Crippen molar-refractivity contribution in [1.29, 1.82) is 0 Å². The van der Waals surface area contributed by atoms with Crippen LogP contribution in [0.15, 0.2) is 33.5 Å². The first-order chi connectivity index (χ1) is 9.81. The van der Waals surface area contributed by atoms with Crippen LogP contribution in [0.3, 0.4) is 0 Å². The van der Waals surface area contributed by atoms with Crippen LogP contribution in [0.25, 0.3) is 0 Å². The van der Waals surface area contributed by atoms with E-state index in [0.717, 1.165) is 12.7 Å². The summed E-state index contributed by atoms with van der Waals surface area (Å²) in [5, 5.41) is 0. The first-order valence-electron chi connectivity index (χ1n) is 7.10. The minimum Gasteiger partial charge on any atom is -0.458 e. The maximum absolute atomic E-state index is 12.1. The van der Waals surface area contributed by atoms with Crippen molar-refractivity contribution in [3.05, 3.63) is 33.5 Å². The van der Waals surface area contributed by atoms with Crippen molar-refractivity contribution >= 4 is 34.8 Å². The first kappa shape index (κ1) is 20.1. The molecular weight excluding hydrogens is 379 g/mol. The van der Waals surface area contributed by atoms with Crippen LogP contribution >= 0.6 is 22.6 Å². The molecule has 0 rings (SSSR count). The van der Waals surface area contributed by atoms with Gasteiger partial charge < -0.3 is 4.74 Å². The van der Waals surface area contributed by atoms with E-state index in [0.29, 0.717) is 17.1 Å². The molecule has 0 aromatic rings. The number of rotatable bonds is 8. The molecule has 21 heavy (non-hydrogen) atoms. The maximum atomic E-state index is 12.1. The zero-order valence-corrected chi connectivity index (χ0v) is 15.6. The van der Waals surface area contributed by atoms with Gasteiger partial charge in [-0.25, -0.2) is 4.79 Å². The Morgan fingerprint density at radius 1 is 1.24 bits per heavy atom. The first-order valence-corrected chi connectivity index (χ1v) is 8.34. The Bertz CT molecular complexity index is 433. The third-order valence-electron chi connectivity index (χ3n) is 3.00. The average Bonchev–Trinajstić information content (AvgIpc) is 2.42. The van der Waals surface area contributed by atoms with Gasteiger partial charge in [0.15, 0.2) is 0 Å². The molecule has 118 valence electrons. The standard InChI is InChI=1S/C17H25IO3/c1-12(2)9-16(15(5)10-13(3)11-19)21-17(20)14(4)7-6-8-18/h6-8,10-12,15-16H,9H2,1-5H3/b8-6+,13-10+,14-7+/t15-,16-/m1/s1. The molecule has 0 aromatic heterocycles. The number of hydrogen-bond acceptors (Lipinski definition) is 3. The number of halogens is 1. The highest BCUT2D eigenvalue weighted by atomic mass is 127. The van der Waals surface area contributed by atoms with Gasteiger partial charge in [-0.15, -0.1) is 0 Å². The Morgan fingerprint density at radius 3 is 2.33 bits per heavy atom. The third kappa shape index (κ3) is 8.86. The number of hydrogen-bond donors (Lipinski definition) is 0. The van der Waals surface area contributed by atoms with Crippen LogP contribution < -0.4 is 0 Å². The lowest BCUT2D eigenvalue weighted by molar-refractivity contribution is -0.146. The van der Waals surface area contributed by atoms with Gasteiger partial charge in [-0.1, -0.05) is 61.6 Å². The normalized spacial score (nSPS) is 16.1. The lowest BCUT2D eigenvalue weighted by atomic mass is 9.94. The second kappa shape index (κ2) is 10.8. The van der Waals surface area contributed by atoms with E-state index in [1.54, 1.807) is 26.0 Å². The second-order valence-electron chi connectivity index (χ2n) is 5.63. The molecule has 4 heteroatoms. The topological polar surface area (TPSA) is 43.4 Å². The minimum atomic E-state index is -0.306. The molecule has 0 aliphatic carbocycles. The maximum Gasteiger partial charge on any atom is 0.334 e. The predicted octanol–water partition coefficient (Wildman–Crippen LogP) is 4.62. The van der Waals surface area contributed by atoms with Crippen molar-refractivity contribution in [3.8, 4) is 0 Å². The molecule has 0 N–H and O–H groups in total. The summed E-state index contributed by atoms with van der Waals surface area (Å²) in [4.78, 5) is 22.8. The van der Waals surface area contributed by atoms with Gasteiger partial charge >= 0.3 is 5.97 Å². The highest BCUT2D eigenvalue weighted by Gasteiger charge is 2.22. The summed E-state index contributed by atoms with van der Waals surface area (Å²) in [6.07, 6.45) is 6.76. The molecule has 0 fully saturated rings. The van der Waals surface area contributed by atoms with E-state index in [1.807, 2.05) is 17.1 Å². The van der Waals surface area contributed by atoms with Crippen LogP contribution in [0.5, 0.6) is 0 Å². The Morgan fingerprint density at radius 2 is 1.86 bits per heavy atom. The van der Waals surface area contributed by atoms with Crippen molar-refractivity contribution in [2.45, 2.75) is 47.1 Å². The van der Waals surface area contributed by atoms with Crippen molar-refractivity contribution in [1.82, 2.24) is 0 Å². The van der Waals surface area contributed by atoms with E-state index in [2.05, 4.69) is 36.4 Å². The summed E-state index contributed by atoms with van der Waals surface area (Å²) in [6.45, 7) is 9.64. The van der Waals surface area contributed by atoms with Gasteiger partial charge in [0.25, 0.3) is 0 Å². The molecule has 0 bridgehead atoms. The van der Waals surface area contributed by atoms with Gasteiger partial charge in [0.2, 0.25) is 0 Å². The molecule has 0 saturated carbocycles. The number of carbonyl (C=O) groups excluding carboxylic acids is 2. The molecule has 3 nitrogen and oxygen atoms in total. The Hall–Kier alpha value is -0.910. The molecule has 0 spiro atoms. The molecule has 2 atom stereocenters. The largest absolute Gasteiger partial charge is 0.458 e. The monoisotopic (exact) mass is 404 g/mol. The highest BCUT2D eigenvalue weighted by Crippen LogP contribution is 2.20. The third-order valence-corrected chi connectivity index (χ3v) is 3.42. The summed E-state index contributed by atoms with van der Waals surface area (Å²) in [7, 11) is 0. The lowest BCUT2D eigenvalue weighted by Gasteiger charge is -2.24. The average molecular weight is 404 g/mol. The van der Waals surface area contributed by atoms with Crippen molar-refractivity contribution in [2.24, 2.45) is 11.8 Å². The molecule has 0 aromatic carbocycles. The van der Waals surface area contributed by atoms with Gasteiger partial charge in [-0.2, -0.15) is 0 Å². The fraction of sp³-hybridized carbons (Fsp3) is 0.529. The molecule has 0 saturated heterocycles. The van der Waals surface area contributed by atoms with E-state index in [4.69, 9.17) is 4.74 Å². The van der Waals surface area contributed by atoms with Gasteiger partial charge in [0, 0.05) is 11.5 Å². The Kier molecular flexibility index (Phi) is 10.3. The number of esters is 1. The summed E-state index contributed by atoms with van der Waals surface area (Å²) < 4.78 is 7.46. The lowest BCUT2D eigenvalue weighted by Crippen LogP contribution is -2.26. The van der Waals surface area contributed by atoms with Gasteiger partial charge in [-0.3, -0.25) is 4.79 Å². The molecule has 0 heterocycles. The van der Waals surface area contributed by atoms with E-state index in [9.17, 15) is 9.59 Å². The van der Waals surface area contributed by atoms with Gasteiger partial charge in [0.1, 0.15) is 12.4 Å². The minimum absolute atomic E-state index is 0.00877. The van der Waals surface area contributed by atoms with Crippen molar-refractivity contribution < 1.29 is 14.3 Å². The number of carbonyl (C=O) groups is 2. The summed E-state index contributed by atoms with van der Waals surface area (Å²) in [6, 6.07) is 0. The van der Waals surface area contributed by atoms with Crippen LogP contribution in [-0.2, 0) is 14.3 Å². The van der Waals surface area contributed by atoms with Crippen molar-refractivity contribution in [2.75, 3.05) is 0 Å². The summed E-state index contributed by atoms with van der Waals surface area (Å²) >= 11 is 2.10. The smallest absolute Gasteiger partial charge is 0.334 e. The fourth-order valence-electron chi connectivity index (χ4n) is 1.88. The van der Waals surface area contributed by atoms with Gasteiger partial charge in [0.05, 0.1) is 0 Å². The molecule has 0 amide bonds. The van der Waals surface area contributed by atoms with Crippen molar-refractivity contribution in [3.63, 3.8) is 0 Å². The number of allylic oxidation sites excluding steroid dienone is 3. The van der Waals surface area contributed by atoms with Crippen LogP contribution in [0.2, 0.25) is 0 Å².